The van der Waals surface area contributed by atoms with Crippen LogP contribution in [0.2, 0.25) is 0 Å². The molecule has 0 aliphatic carbocycles. The fourth-order valence-corrected chi connectivity index (χ4v) is 1.88. The molecule has 0 aliphatic rings. The molecule has 2 aromatic carbocycles. The number of oxime groups is 1. The molecule has 1 atom stereocenters. The van der Waals surface area contributed by atoms with Crippen LogP contribution < -0.4 is 11.1 Å². The Kier molecular flexibility index (Phi) is 5.68. The summed E-state index contributed by atoms with van der Waals surface area (Å²) in [6.45, 7) is 3.06. The van der Waals surface area contributed by atoms with Gasteiger partial charge in [-0.05, 0) is 38.1 Å². The number of Topliss-reactive ketones (excluding diaryl/α,β-unsaturated/α-hetero) is 1. The zero-order valence-corrected chi connectivity index (χ0v) is 13.5. The van der Waals surface area contributed by atoms with E-state index in [9.17, 15) is 9.59 Å². The first kappa shape index (κ1) is 17.2. The number of amidine groups is 1. The maximum atomic E-state index is 12.1. The number of amides is 1. The van der Waals surface area contributed by atoms with E-state index in [0.717, 1.165) is 0 Å². The van der Waals surface area contributed by atoms with E-state index in [0.29, 0.717) is 16.8 Å². The molecule has 0 saturated carbocycles. The summed E-state index contributed by atoms with van der Waals surface area (Å²) in [5.41, 5.74) is 7.67. The van der Waals surface area contributed by atoms with Crippen LogP contribution in [0.4, 0.5) is 5.69 Å². The number of rotatable bonds is 6. The second-order valence-corrected chi connectivity index (χ2v) is 5.21. The molecule has 124 valence electrons. The molecule has 0 unspecified atom stereocenters. The van der Waals surface area contributed by atoms with Gasteiger partial charge < -0.3 is 15.9 Å². The van der Waals surface area contributed by atoms with E-state index < -0.39 is 6.10 Å². The van der Waals surface area contributed by atoms with Crippen molar-refractivity contribution in [3.63, 3.8) is 0 Å². The molecule has 1 amide bonds. The number of hydrogen-bond donors (Lipinski definition) is 2. The van der Waals surface area contributed by atoms with Crippen molar-refractivity contribution in [2.24, 2.45) is 10.9 Å². The lowest BCUT2D eigenvalue weighted by molar-refractivity contribution is -0.126. The number of carbonyl (C=O) groups excluding carboxylic acids is 2. The number of hydrogen-bond acceptors (Lipinski definition) is 4. The summed E-state index contributed by atoms with van der Waals surface area (Å²) in [7, 11) is 0. The van der Waals surface area contributed by atoms with Crippen LogP contribution in [-0.2, 0) is 9.63 Å². The molecule has 0 radical (unpaired) electrons. The van der Waals surface area contributed by atoms with Crippen molar-refractivity contribution in [3.05, 3.63) is 65.7 Å². The Morgan fingerprint density at radius 2 is 1.67 bits per heavy atom. The minimum Gasteiger partial charge on any atom is -0.381 e. The Balaban J connectivity index is 1.93. The predicted molar refractivity (Wildman–Crippen MR) is 92.8 cm³/mol. The van der Waals surface area contributed by atoms with E-state index in [4.69, 9.17) is 10.6 Å². The van der Waals surface area contributed by atoms with Crippen LogP contribution in [0.3, 0.4) is 0 Å². The minimum absolute atomic E-state index is 0.0321. The highest BCUT2D eigenvalue weighted by Crippen LogP contribution is 2.11. The SMILES string of the molecule is CC(=O)c1ccc(NC(=O)[C@H](C)O/N=C(/N)c2ccccc2)cc1. The summed E-state index contributed by atoms with van der Waals surface area (Å²) in [5, 5.41) is 6.47. The number of ketones is 1. The molecule has 0 saturated heterocycles. The Labute approximate surface area is 140 Å². The molecule has 6 nitrogen and oxygen atoms in total. The van der Waals surface area contributed by atoms with Crippen LogP contribution >= 0.6 is 0 Å². The lowest BCUT2D eigenvalue weighted by Gasteiger charge is -2.11. The lowest BCUT2D eigenvalue weighted by atomic mass is 10.1. The van der Waals surface area contributed by atoms with Gasteiger partial charge in [-0.3, -0.25) is 9.59 Å². The summed E-state index contributed by atoms with van der Waals surface area (Å²) < 4.78 is 0. The first-order valence-electron chi connectivity index (χ1n) is 7.44. The van der Waals surface area contributed by atoms with Crippen LogP contribution in [0.5, 0.6) is 0 Å². The predicted octanol–water partition coefficient (Wildman–Crippen LogP) is 2.55. The molecule has 0 heterocycles. The summed E-state index contributed by atoms with van der Waals surface area (Å²) in [5.74, 6) is -0.202. The maximum Gasteiger partial charge on any atom is 0.267 e. The summed E-state index contributed by atoms with van der Waals surface area (Å²) in [6.07, 6.45) is -0.820. The van der Waals surface area contributed by atoms with E-state index in [1.807, 2.05) is 18.2 Å². The Bertz CT molecular complexity index is 740. The van der Waals surface area contributed by atoms with Gasteiger partial charge in [-0.25, -0.2) is 0 Å². The van der Waals surface area contributed by atoms with E-state index in [1.54, 1.807) is 43.3 Å². The quantitative estimate of drug-likeness (QED) is 0.369. The van der Waals surface area contributed by atoms with Crippen molar-refractivity contribution in [1.82, 2.24) is 0 Å². The average molecular weight is 325 g/mol. The Morgan fingerprint density at radius 1 is 1.04 bits per heavy atom. The van der Waals surface area contributed by atoms with Gasteiger partial charge in [0.05, 0.1) is 0 Å². The Morgan fingerprint density at radius 3 is 2.25 bits per heavy atom. The van der Waals surface area contributed by atoms with Crippen LogP contribution in [0.25, 0.3) is 0 Å². The zero-order chi connectivity index (χ0) is 17.5. The van der Waals surface area contributed by atoms with Crippen molar-refractivity contribution in [3.8, 4) is 0 Å². The highest BCUT2D eigenvalue weighted by atomic mass is 16.6. The van der Waals surface area contributed by atoms with Crippen molar-refractivity contribution >= 4 is 23.2 Å². The van der Waals surface area contributed by atoms with Crippen LogP contribution in [0.1, 0.15) is 29.8 Å². The molecule has 0 aliphatic heterocycles. The van der Waals surface area contributed by atoms with Gasteiger partial charge in [0.2, 0.25) is 6.10 Å². The molecule has 0 fully saturated rings. The van der Waals surface area contributed by atoms with Crippen molar-refractivity contribution in [1.29, 1.82) is 0 Å². The maximum absolute atomic E-state index is 12.1. The van der Waals surface area contributed by atoms with Crippen LogP contribution in [0.15, 0.2) is 59.8 Å². The third kappa shape index (κ3) is 4.67. The third-order valence-corrected chi connectivity index (χ3v) is 3.31. The van der Waals surface area contributed by atoms with Crippen molar-refractivity contribution in [2.75, 3.05) is 5.32 Å². The highest BCUT2D eigenvalue weighted by Gasteiger charge is 2.15. The zero-order valence-electron chi connectivity index (χ0n) is 13.5. The number of nitrogens with one attached hydrogen (secondary N) is 1. The van der Waals surface area contributed by atoms with Gasteiger partial charge >= 0.3 is 0 Å². The first-order chi connectivity index (χ1) is 11.5. The summed E-state index contributed by atoms with van der Waals surface area (Å²) in [6, 6.07) is 15.7. The van der Waals surface area contributed by atoms with Gasteiger partial charge in [0.15, 0.2) is 11.6 Å². The molecule has 24 heavy (non-hydrogen) atoms. The van der Waals surface area contributed by atoms with Gasteiger partial charge in [-0.15, -0.1) is 0 Å². The topological polar surface area (TPSA) is 93.8 Å². The molecule has 0 aromatic heterocycles. The molecule has 3 N–H and O–H groups in total. The highest BCUT2D eigenvalue weighted by molar-refractivity contribution is 5.98. The lowest BCUT2D eigenvalue weighted by Crippen LogP contribution is -2.27. The monoisotopic (exact) mass is 325 g/mol. The fourth-order valence-electron chi connectivity index (χ4n) is 1.88. The average Bonchev–Trinajstić information content (AvgIpc) is 2.60. The number of carbonyl (C=O) groups is 2. The van der Waals surface area contributed by atoms with Gasteiger partial charge in [-0.2, -0.15) is 0 Å². The van der Waals surface area contributed by atoms with Crippen molar-refractivity contribution < 1.29 is 14.4 Å². The van der Waals surface area contributed by atoms with Gasteiger partial charge in [0.1, 0.15) is 0 Å². The molecular formula is C18H19N3O3. The second kappa shape index (κ2) is 7.92. The molecule has 6 heteroatoms. The molecule has 2 rings (SSSR count). The van der Waals surface area contributed by atoms with E-state index in [1.165, 1.54) is 6.92 Å². The second-order valence-electron chi connectivity index (χ2n) is 5.21. The largest absolute Gasteiger partial charge is 0.381 e. The minimum atomic E-state index is -0.820. The number of anilines is 1. The van der Waals surface area contributed by atoms with E-state index >= 15 is 0 Å². The normalized spacial score (nSPS) is 12.3. The molecule has 0 bridgehead atoms. The molecule has 2 aromatic rings. The standard InChI is InChI=1S/C18H19N3O3/c1-12(22)14-8-10-16(11-9-14)20-18(23)13(2)24-21-17(19)15-6-4-3-5-7-15/h3-11,13H,1-2H3,(H2,19,21)(H,20,23)/t13-/m0/s1. The van der Waals surface area contributed by atoms with Gasteiger partial charge in [-0.1, -0.05) is 35.5 Å². The van der Waals surface area contributed by atoms with Crippen LogP contribution in [-0.4, -0.2) is 23.6 Å². The van der Waals surface area contributed by atoms with Gasteiger partial charge in [0.25, 0.3) is 5.91 Å². The number of nitrogens with zero attached hydrogens (tertiary/aromatic N) is 1. The van der Waals surface area contributed by atoms with Gasteiger partial charge in [0, 0.05) is 16.8 Å². The number of nitrogens with two attached hydrogens (primary N) is 1. The molecular weight excluding hydrogens is 306 g/mol. The van der Waals surface area contributed by atoms with Crippen LogP contribution in [0, 0.1) is 0 Å². The molecule has 0 spiro atoms. The number of benzene rings is 2. The fraction of sp³-hybridized carbons (Fsp3) is 0.167. The van der Waals surface area contributed by atoms with E-state index in [-0.39, 0.29) is 17.5 Å². The summed E-state index contributed by atoms with van der Waals surface area (Å²) in [4.78, 5) is 28.4. The smallest absolute Gasteiger partial charge is 0.267 e. The third-order valence-electron chi connectivity index (χ3n) is 3.31. The Hall–Kier alpha value is -3.15. The summed E-state index contributed by atoms with van der Waals surface area (Å²) >= 11 is 0. The van der Waals surface area contributed by atoms with Crippen molar-refractivity contribution in [2.45, 2.75) is 20.0 Å². The first-order valence-corrected chi connectivity index (χ1v) is 7.44. The van der Waals surface area contributed by atoms with E-state index in [2.05, 4.69) is 10.5 Å².